The van der Waals surface area contributed by atoms with Crippen LogP contribution >= 0.6 is 0 Å². The maximum Gasteiger partial charge on any atom is 0.254 e. The first-order chi connectivity index (χ1) is 11.5. The van der Waals surface area contributed by atoms with Crippen molar-refractivity contribution in [2.45, 2.75) is 33.4 Å². The second-order valence-electron chi connectivity index (χ2n) is 6.09. The van der Waals surface area contributed by atoms with Crippen LogP contribution in [-0.4, -0.2) is 34.9 Å². The minimum atomic E-state index is -0.0201. The van der Waals surface area contributed by atoms with Crippen LogP contribution in [0.1, 0.15) is 35.5 Å². The van der Waals surface area contributed by atoms with Crippen LogP contribution in [0.25, 0.3) is 0 Å². The number of aromatic nitrogens is 1. The van der Waals surface area contributed by atoms with E-state index in [2.05, 4.69) is 4.98 Å². The molecule has 3 rings (SSSR count). The van der Waals surface area contributed by atoms with Gasteiger partial charge in [0.1, 0.15) is 5.75 Å². The lowest BCUT2D eigenvalue weighted by molar-refractivity contribution is 0.0790. The summed E-state index contributed by atoms with van der Waals surface area (Å²) in [4.78, 5) is 18.7. The van der Waals surface area contributed by atoms with Crippen LogP contribution < -0.4 is 16.2 Å². The van der Waals surface area contributed by atoms with E-state index in [4.69, 9.17) is 16.2 Å². The molecule has 0 aliphatic carbocycles. The summed E-state index contributed by atoms with van der Waals surface area (Å²) in [5.41, 5.74) is 13.9. The van der Waals surface area contributed by atoms with Crippen LogP contribution in [0.3, 0.4) is 0 Å². The summed E-state index contributed by atoms with van der Waals surface area (Å²) in [6, 6.07) is 10.9. The zero-order valence-electron chi connectivity index (χ0n) is 13.7. The number of amides is 1. The van der Waals surface area contributed by atoms with E-state index in [9.17, 15) is 4.79 Å². The van der Waals surface area contributed by atoms with Crippen LogP contribution in [0.15, 0.2) is 36.4 Å². The van der Waals surface area contributed by atoms with Gasteiger partial charge in [0.15, 0.2) is 0 Å². The van der Waals surface area contributed by atoms with E-state index < -0.39 is 0 Å². The number of carbonyl (C=O) groups excluding carboxylic acids is 1. The molecule has 1 aromatic carbocycles. The van der Waals surface area contributed by atoms with Crippen molar-refractivity contribution in [3.63, 3.8) is 0 Å². The number of nitrogens with two attached hydrogens (primary N) is 2. The molecule has 1 aromatic heterocycles. The van der Waals surface area contributed by atoms with Crippen molar-refractivity contribution in [1.82, 2.24) is 9.88 Å². The van der Waals surface area contributed by atoms with Gasteiger partial charge in [-0.2, -0.15) is 0 Å². The van der Waals surface area contributed by atoms with E-state index in [1.807, 2.05) is 13.0 Å². The minimum Gasteiger partial charge on any atom is -0.439 e. The van der Waals surface area contributed by atoms with Crippen LogP contribution in [0.4, 0.5) is 0 Å². The van der Waals surface area contributed by atoms with Crippen molar-refractivity contribution in [3.05, 3.63) is 53.2 Å². The summed E-state index contributed by atoms with van der Waals surface area (Å²) in [5, 5.41) is 0. The average molecular weight is 342 g/mol. The highest BCUT2D eigenvalue weighted by molar-refractivity contribution is 5.94. The van der Waals surface area contributed by atoms with Crippen LogP contribution in [0.2, 0.25) is 0 Å². The largest absolute Gasteiger partial charge is 0.439 e. The molecule has 6 heteroatoms. The maximum absolute atomic E-state index is 12.5. The molecule has 0 spiro atoms. The number of ether oxygens (including phenoxy) is 1. The van der Waals surface area contributed by atoms with E-state index in [1.165, 1.54) is 0 Å². The highest BCUT2D eigenvalue weighted by atomic mass is 16.5. The SMILES string of the molecule is C.Cc1cc(CN)cc(Oc2cccc(C(=O)N3CC[C@@H](N)C3)c2)n1. The van der Waals surface area contributed by atoms with Gasteiger partial charge in [0.2, 0.25) is 5.88 Å². The first kappa shape index (κ1) is 18.9. The van der Waals surface area contributed by atoms with Gasteiger partial charge in [-0.05, 0) is 43.2 Å². The standard InChI is InChI=1S/C18H22N4O2.CH4/c1-12-7-13(10-19)8-17(21-12)24-16-4-2-3-14(9-16)18(23)22-6-5-15(20)11-22;/h2-4,7-9,15H,5-6,10-11,19-20H2,1H3;1H4/t15-;/m1./s1. The molecule has 2 aromatic rings. The Kier molecular flexibility index (Phi) is 6.12. The van der Waals surface area contributed by atoms with Crippen molar-refractivity contribution in [2.24, 2.45) is 11.5 Å². The number of hydrogen-bond donors (Lipinski definition) is 2. The highest BCUT2D eigenvalue weighted by Gasteiger charge is 2.24. The first-order valence-corrected chi connectivity index (χ1v) is 8.05. The number of benzene rings is 1. The Morgan fingerprint density at radius 3 is 2.84 bits per heavy atom. The monoisotopic (exact) mass is 342 g/mol. The molecule has 2 heterocycles. The lowest BCUT2D eigenvalue weighted by Crippen LogP contribution is -2.31. The fraction of sp³-hybridized carbons (Fsp3) is 0.368. The number of hydrogen-bond acceptors (Lipinski definition) is 5. The number of aryl methyl sites for hydroxylation is 1. The van der Waals surface area contributed by atoms with Gasteiger partial charge in [0.25, 0.3) is 5.91 Å². The third-order valence-corrected chi connectivity index (χ3v) is 4.04. The van der Waals surface area contributed by atoms with Crippen molar-refractivity contribution in [2.75, 3.05) is 13.1 Å². The minimum absolute atomic E-state index is 0. The number of likely N-dealkylation sites (tertiary alicyclic amines) is 1. The van der Waals surface area contributed by atoms with E-state index in [1.54, 1.807) is 35.2 Å². The summed E-state index contributed by atoms with van der Waals surface area (Å²) in [7, 11) is 0. The average Bonchev–Trinajstić information content (AvgIpc) is 3.00. The Morgan fingerprint density at radius 2 is 2.16 bits per heavy atom. The van der Waals surface area contributed by atoms with Gasteiger partial charge in [0, 0.05) is 43.0 Å². The Bertz CT molecular complexity index is 748. The molecule has 0 saturated carbocycles. The molecular weight excluding hydrogens is 316 g/mol. The zero-order valence-corrected chi connectivity index (χ0v) is 13.7. The van der Waals surface area contributed by atoms with Crippen LogP contribution in [0, 0.1) is 6.92 Å². The molecular formula is C19H26N4O2. The van der Waals surface area contributed by atoms with Gasteiger partial charge in [0.05, 0.1) is 0 Å². The molecule has 4 N–H and O–H groups in total. The van der Waals surface area contributed by atoms with Gasteiger partial charge in [-0.25, -0.2) is 4.98 Å². The summed E-state index contributed by atoms with van der Waals surface area (Å²) in [5.74, 6) is 1.03. The maximum atomic E-state index is 12.5. The summed E-state index contributed by atoms with van der Waals surface area (Å²) >= 11 is 0. The number of nitrogens with zero attached hydrogens (tertiary/aromatic N) is 2. The zero-order chi connectivity index (χ0) is 17.1. The Hall–Kier alpha value is -2.44. The van der Waals surface area contributed by atoms with E-state index in [0.29, 0.717) is 36.8 Å². The fourth-order valence-electron chi connectivity index (χ4n) is 2.84. The predicted molar refractivity (Wildman–Crippen MR) is 98.6 cm³/mol. The van der Waals surface area contributed by atoms with Crippen molar-refractivity contribution < 1.29 is 9.53 Å². The quantitative estimate of drug-likeness (QED) is 0.890. The molecule has 0 bridgehead atoms. The molecule has 6 nitrogen and oxygen atoms in total. The molecule has 134 valence electrons. The predicted octanol–water partition coefficient (Wildman–Crippen LogP) is 2.45. The van der Waals surface area contributed by atoms with Gasteiger partial charge >= 0.3 is 0 Å². The lowest BCUT2D eigenvalue weighted by Gasteiger charge is -2.16. The smallest absolute Gasteiger partial charge is 0.254 e. The molecule has 1 fully saturated rings. The second-order valence-corrected chi connectivity index (χ2v) is 6.09. The normalized spacial score (nSPS) is 16.4. The van der Waals surface area contributed by atoms with Gasteiger partial charge in [-0.3, -0.25) is 4.79 Å². The number of carbonyl (C=O) groups is 1. The Morgan fingerprint density at radius 1 is 1.36 bits per heavy atom. The molecule has 1 saturated heterocycles. The molecule has 1 atom stereocenters. The van der Waals surface area contributed by atoms with Crippen LogP contribution in [0.5, 0.6) is 11.6 Å². The third kappa shape index (κ3) is 4.55. The molecule has 0 unspecified atom stereocenters. The van der Waals surface area contributed by atoms with Crippen molar-refractivity contribution >= 4 is 5.91 Å². The van der Waals surface area contributed by atoms with Gasteiger partial charge in [-0.15, -0.1) is 0 Å². The fourth-order valence-corrected chi connectivity index (χ4v) is 2.84. The third-order valence-electron chi connectivity index (χ3n) is 4.04. The van der Waals surface area contributed by atoms with E-state index >= 15 is 0 Å². The molecule has 1 aliphatic rings. The number of pyridine rings is 1. The van der Waals surface area contributed by atoms with Crippen molar-refractivity contribution in [1.29, 1.82) is 0 Å². The van der Waals surface area contributed by atoms with Gasteiger partial charge in [-0.1, -0.05) is 13.5 Å². The van der Waals surface area contributed by atoms with E-state index in [0.717, 1.165) is 17.7 Å². The first-order valence-electron chi connectivity index (χ1n) is 8.05. The molecule has 25 heavy (non-hydrogen) atoms. The summed E-state index contributed by atoms with van der Waals surface area (Å²) in [6.45, 7) is 3.61. The summed E-state index contributed by atoms with van der Waals surface area (Å²) < 4.78 is 5.81. The van der Waals surface area contributed by atoms with Crippen molar-refractivity contribution in [3.8, 4) is 11.6 Å². The van der Waals surface area contributed by atoms with Gasteiger partial charge < -0.3 is 21.1 Å². The lowest BCUT2D eigenvalue weighted by atomic mass is 10.2. The highest BCUT2D eigenvalue weighted by Crippen LogP contribution is 2.23. The topological polar surface area (TPSA) is 94.5 Å². The van der Waals surface area contributed by atoms with Crippen LogP contribution in [-0.2, 0) is 6.54 Å². The number of rotatable bonds is 4. The molecule has 1 aliphatic heterocycles. The second kappa shape index (κ2) is 8.09. The Balaban J connectivity index is 0.00000225. The Labute approximate surface area is 148 Å². The summed E-state index contributed by atoms with van der Waals surface area (Å²) in [6.07, 6.45) is 0.844. The van der Waals surface area contributed by atoms with E-state index in [-0.39, 0.29) is 19.4 Å². The molecule has 0 radical (unpaired) electrons. The molecule has 1 amide bonds.